The molecular weight excluding hydrogens is 202 g/mol. The van der Waals surface area contributed by atoms with Crippen molar-refractivity contribution in [2.75, 3.05) is 0 Å². The Labute approximate surface area is 94.1 Å². The molecule has 0 saturated carbocycles. The predicted octanol–water partition coefficient (Wildman–Crippen LogP) is 2.79. The molecule has 0 aliphatic rings. The second-order valence-corrected chi connectivity index (χ2v) is 5.08. The maximum absolute atomic E-state index is 11.4. The zero-order valence-corrected chi connectivity index (χ0v) is 10.00. The lowest BCUT2D eigenvalue weighted by Gasteiger charge is -2.18. The summed E-state index contributed by atoms with van der Waals surface area (Å²) in [6.07, 6.45) is 0. The van der Waals surface area contributed by atoms with E-state index >= 15 is 0 Å². The standard InChI is InChI=1S/C13H15NO2/c1-8-5-6-10-9(7-8)11(13(2,3)4)14-12(15)16-10/h5-7H,1-4H3. The van der Waals surface area contributed by atoms with Gasteiger partial charge in [-0.2, -0.15) is 4.98 Å². The minimum absolute atomic E-state index is 0.165. The molecule has 0 N–H and O–H groups in total. The van der Waals surface area contributed by atoms with Gasteiger partial charge in [0.05, 0.1) is 5.69 Å². The van der Waals surface area contributed by atoms with Crippen molar-refractivity contribution in [3.8, 4) is 0 Å². The van der Waals surface area contributed by atoms with Crippen LogP contribution in [0, 0.1) is 6.92 Å². The quantitative estimate of drug-likeness (QED) is 0.681. The number of benzene rings is 1. The Morgan fingerprint density at radius 1 is 1.25 bits per heavy atom. The highest BCUT2D eigenvalue weighted by atomic mass is 16.4. The van der Waals surface area contributed by atoms with E-state index in [0.717, 1.165) is 16.6 Å². The summed E-state index contributed by atoms with van der Waals surface area (Å²) in [6.45, 7) is 8.13. The zero-order valence-electron chi connectivity index (χ0n) is 10.00. The number of nitrogens with zero attached hydrogens (tertiary/aromatic N) is 1. The fourth-order valence-electron chi connectivity index (χ4n) is 1.76. The van der Waals surface area contributed by atoms with Crippen molar-refractivity contribution in [3.05, 3.63) is 40.0 Å². The molecule has 0 spiro atoms. The Bertz CT molecular complexity index is 591. The smallest absolute Gasteiger partial charge is 0.408 e. The lowest BCUT2D eigenvalue weighted by molar-refractivity contribution is 0.498. The van der Waals surface area contributed by atoms with Gasteiger partial charge in [-0.1, -0.05) is 32.4 Å². The van der Waals surface area contributed by atoms with Gasteiger partial charge < -0.3 is 4.42 Å². The number of hydrogen-bond donors (Lipinski definition) is 0. The first-order valence-corrected chi connectivity index (χ1v) is 5.30. The van der Waals surface area contributed by atoms with Crippen molar-refractivity contribution < 1.29 is 4.42 Å². The maximum Gasteiger partial charge on any atom is 0.439 e. The highest BCUT2D eigenvalue weighted by Gasteiger charge is 2.20. The van der Waals surface area contributed by atoms with Gasteiger partial charge in [0, 0.05) is 10.8 Å². The van der Waals surface area contributed by atoms with Gasteiger partial charge in [-0.15, -0.1) is 0 Å². The lowest BCUT2D eigenvalue weighted by atomic mass is 9.89. The molecule has 1 aromatic heterocycles. The van der Waals surface area contributed by atoms with Gasteiger partial charge in [0.25, 0.3) is 0 Å². The van der Waals surface area contributed by atoms with E-state index in [1.807, 2.05) is 45.9 Å². The number of fused-ring (bicyclic) bond motifs is 1. The van der Waals surface area contributed by atoms with E-state index in [-0.39, 0.29) is 5.41 Å². The molecule has 16 heavy (non-hydrogen) atoms. The van der Waals surface area contributed by atoms with Crippen LogP contribution in [0.3, 0.4) is 0 Å². The van der Waals surface area contributed by atoms with Crippen LogP contribution in [0.4, 0.5) is 0 Å². The SMILES string of the molecule is Cc1ccc2oc(=O)nc(C(C)(C)C)c2c1. The van der Waals surface area contributed by atoms with E-state index in [1.165, 1.54) is 0 Å². The van der Waals surface area contributed by atoms with Gasteiger partial charge in [-0.05, 0) is 19.1 Å². The first-order chi connectivity index (χ1) is 7.38. The van der Waals surface area contributed by atoms with E-state index < -0.39 is 5.76 Å². The second kappa shape index (κ2) is 3.44. The number of rotatable bonds is 0. The molecule has 0 aliphatic heterocycles. The van der Waals surface area contributed by atoms with Crippen LogP contribution in [0.25, 0.3) is 11.0 Å². The van der Waals surface area contributed by atoms with E-state index in [4.69, 9.17) is 4.42 Å². The average Bonchev–Trinajstić information content (AvgIpc) is 2.16. The molecule has 3 heteroatoms. The van der Waals surface area contributed by atoms with Gasteiger partial charge >= 0.3 is 5.76 Å². The molecule has 0 unspecified atom stereocenters. The Morgan fingerprint density at radius 3 is 2.56 bits per heavy atom. The first kappa shape index (κ1) is 10.9. The Morgan fingerprint density at radius 2 is 1.94 bits per heavy atom. The van der Waals surface area contributed by atoms with Crippen LogP contribution < -0.4 is 5.76 Å². The second-order valence-electron chi connectivity index (χ2n) is 5.08. The number of aromatic nitrogens is 1. The number of aryl methyl sites for hydroxylation is 1. The molecule has 1 aromatic carbocycles. The third kappa shape index (κ3) is 1.85. The highest BCUT2D eigenvalue weighted by molar-refractivity contribution is 5.80. The predicted molar refractivity (Wildman–Crippen MR) is 63.7 cm³/mol. The summed E-state index contributed by atoms with van der Waals surface area (Å²) >= 11 is 0. The molecule has 0 atom stereocenters. The van der Waals surface area contributed by atoms with Gasteiger partial charge in [0.1, 0.15) is 5.58 Å². The first-order valence-electron chi connectivity index (χ1n) is 5.30. The summed E-state index contributed by atoms with van der Waals surface area (Å²) in [4.78, 5) is 15.3. The molecule has 2 aromatic rings. The lowest BCUT2D eigenvalue weighted by Crippen LogP contribution is -2.19. The molecule has 0 amide bonds. The van der Waals surface area contributed by atoms with Crippen molar-refractivity contribution >= 4 is 11.0 Å². The van der Waals surface area contributed by atoms with Crippen molar-refractivity contribution in [3.63, 3.8) is 0 Å². The normalized spacial score (nSPS) is 12.0. The fourth-order valence-corrected chi connectivity index (χ4v) is 1.76. The van der Waals surface area contributed by atoms with E-state index in [0.29, 0.717) is 5.58 Å². The van der Waals surface area contributed by atoms with Crippen LogP contribution in [0.1, 0.15) is 32.0 Å². The summed E-state index contributed by atoms with van der Waals surface area (Å²) in [5.74, 6) is -0.527. The fraction of sp³-hybridized carbons (Fsp3) is 0.385. The zero-order chi connectivity index (χ0) is 11.9. The maximum atomic E-state index is 11.4. The largest absolute Gasteiger partial charge is 0.439 e. The molecule has 0 saturated heterocycles. The Hall–Kier alpha value is -1.64. The van der Waals surface area contributed by atoms with E-state index in [2.05, 4.69) is 4.98 Å². The van der Waals surface area contributed by atoms with E-state index in [1.54, 1.807) is 0 Å². The van der Waals surface area contributed by atoms with Crippen LogP contribution in [-0.4, -0.2) is 4.98 Å². The topological polar surface area (TPSA) is 43.1 Å². The Balaban J connectivity index is 2.91. The average molecular weight is 217 g/mol. The van der Waals surface area contributed by atoms with Crippen molar-refractivity contribution in [1.29, 1.82) is 0 Å². The van der Waals surface area contributed by atoms with Gasteiger partial charge in [-0.3, -0.25) is 0 Å². The van der Waals surface area contributed by atoms with E-state index in [9.17, 15) is 4.79 Å². The summed E-state index contributed by atoms with van der Waals surface area (Å²) in [5, 5.41) is 0.923. The van der Waals surface area contributed by atoms with Crippen molar-refractivity contribution in [2.45, 2.75) is 33.1 Å². The van der Waals surface area contributed by atoms with Crippen LogP contribution in [0.2, 0.25) is 0 Å². The van der Waals surface area contributed by atoms with Gasteiger partial charge in [-0.25, -0.2) is 4.79 Å². The molecule has 0 radical (unpaired) electrons. The summed E-state index contributed by atoms with van der Waals surface area (Å²) < 4.78 is 5.09. The monoisotopic (exact) mass is 217 g/mol. The summed E-state index contributed by atoms with van der Waals surface area (Å²) in [7, 11) is 0. The minimum atomic E-state index is -0.527. The molecule has 0 bridgehead atoms. The molecule has 2 rings (SSSR count). The third-order valence-electron chi connectivity index (χ3n) is 2.50. The Kier molecular flexibility index (Phi) is 2.34. The minimum Gasteiger partial charge on any atom is -0.408 e. The molecule has 0 fully saturated rings. The molecule has 3 nitrogen and oxygen atoms in total. The molecule has 1 heterocycles. The van der Waals surface area contributed by atoms with Crippen molar-refractivity contribution in [2.24, 2.45) is 0 Å². The van der Waals surface area contributed by atoms with Gasteiger partial charge in [0.2, 0.25) is 0 Å². The van der Waals surface area contributed by atoms with Crippen LogP contribution in [-0.2, 0) is 5.41 Å². The molecule has 0 aliphatic carbocycles. The van der Waals surface area contributed by atoms with Crippen molar-refractivity contribution in [1.82, 2.24) is 4.98 Å². The summed E-state index contributed by atoms with van der Waals surface area (Å²) in [6, 6.07) is 5.76. The summed E-state index contributed by atoms with van der Waals surface area (Å²) in [5.41, 5.74) is 2.37. The highest BCUT2D eigenvalue weighted by Crippen LogP contribution is 2.27. The van der Waals surface area contributed by atoms with Crippen LogP contribution >= 0.6 is 0 Å². The molecule has 84 valence electrons. The number of hydrogen-bond acceptors (Lipinski definition) is 3. The van der Waals surface area contributed by atoms with Gasteiger partial charge in [0.15, 0.2) is 0 Å². The van der Waals surface area contributed by atoms with Crippen LogP contribution in [0.15, 0.2) is 27.4 Å². The molecular formula is C13H15NO2. The third-order valence-corrected chi connectivity index (χ3v) is 2.50. The van der Waals surface area contributed by atoms with Crippen LogP contribution in [0.5, 0.6) is 0 Å².